The second-order valence-corrected chi connectivity index (χ2v) is 2.07. The first-order chi connectivity index (χ1) is 4.68. The summed E-state index contributed by atoms with van der Waals surface area (Å²) in [5, 5.41) is 13.3. The molecule has 8 heteroatoms. The van der Waals surface area contributed by atoms with E-state index in [1.54, 1.807) is 0 Å². The Morgan fingerprint density at radius 3 is 2.42 bits per heavy atom. The Morgan fingerprint density at radius 1 is 1.50 bits per heavy atom. The molecule has 5 nitrogen and oxygen atoms in total. The van der Waals surface area contributed by atoms with Gasteiger partial charge in [-0.05, 0) is 12.2 Å². The van der Waals surface area contributed by atoms with Crippen LogP contribution in [0.1, 0.15) is 5.82 Å². The number of hydrogen-bond donors (Lipinski definition) is 3. The maximum Gasteiger partial charge on any atom is 0.311 e. The summed E-state index contributed by atoms with van der Waals surface area (Å²) < 4.78 is 0.274. The van der Waals surface area contributed by atoms with E-state index in [2.05, 4.69) is 27.4 Å². The molecule has 56 valence electrons. The molecule has 0 atom stereocenters. The first-order valence-electron chi connectivity index (χ1n) is 2.54. The van der Waals surface area contributed by atoms with Crippen LogP contribution < -0.4 is 0 Å². The first-order valence-corrected chi connectivity index (χ1v) is 2.94. The molecule has 0 fully saturated rings. The molecule has 3 N–H and O–H groups in total. The standard InChI is InChI=1S/C4H5N3O2S.2Na/c8-3(9)1-2-5-4(10)7-6-2;;/h1H2,(H,8,9)(H2,5,6,7,10);;. The van der Waals surface area contributed by atoms with Crippen molar-refractivity contribution >= 4 is 77.3 Å². The number of carboxylic acids is 1. The molecular formula is C4H5N3Na2O2S. The average molecular weight is 205 g/mol. The molecule has 2 radical (unpaired) electrons. The molecule has 0 aliphatic heterocycles. The maximum absolute atomic E-state index is 10.1. The Hall–Kier alpha value is 0.830. The summed E-state index contributed by atoms with van der Waals surface area (Å²) in [4.78, 5) is 13.7. The van der Waals surface area contributed by atoms with Gasteiger partial charge in [-0.25, -0.2) is 4.98 Å². The summed E-state index contributed by atoms with van der Waals surface area (Å²) in [6.45, 7) is 0. The Bertz CT molecular complexity index is 296. The number of hydrogen-bond acceptors (Lipinski definition) is 3. The van der Waals surface area contributed by atoms with Gasteiger partial charge < -0.3 is 5.11 Å². The smallest absolute Gasteiger partial charge is 0.311 e. The second-order valence-electron chi connectivity index (χ2n) is 1.68. The van der Waals surface area contributed by atoms with Crippen LogP contribution in [-0.2, 0) is 11.2 Å². The van der Waals surface area contributed by atoms with Gasteiger partial charge >= 0.3 is 5.97 Å². The van der Waals surface area contributed by atoms with Gasteiger partial charge in [-0.3, -0.25) is 15.0 Å². The van der Waals surface area contributed by atoms with Crippen LogP contribution in [0.5, 0.6) is 0 Å². The van der Waals surface area contributed by atoms with Crippen LogP contribution in [0.25, 0.3) is 0 Å². The molecule has 0 aliphatic rings. The molecular weight excluding hydrogens is 200 g/mol. The first kappa shape index (κ1) is 15.3. The monoisotopic (exact) mass is 205 g/mol. The molecule has 0 aliphatic carbocycles. The fourth-order valence-electron chi connectivity index (χ4n) is 0.531. The summed E-state index contributed by atoms with van der Waals surface area (Å²) in [6, 6.07) is 0. The van der Waals surface area contributed by atoms with E-state index in [1.165, 1.54) is 0 Å². The quantitative estimate of drug-likeness (QED) is 0.442. The van der Waals surface area contributed by atoms with Crippen molar-refractivity contribution in [2.24, 2.45) is 0 Å². The zero-order valence-electron chi connectivity index (χ0n) is 6.92. The van der Waals surface area contributed by atoms with Gasteiger partial charge in [0.2, 0.25) is 4.77 Å². The van der Waals surface area contributed by atoms with Gasteiger partial charge in [0.25, 0.3) is 0 Å². The SMILES string of the molecule is O=C(O)Cc1nc(=S)[nH][nH]1.[Na].[Na]. The van der Waals surface area contributed by atoms with Crippen LogP contribution in [0.2, 0.25) is 0 Å². The van der Waals surface area contributed by atoms with Crippen molar-refractivity contribution in [3.8, 4) is 0 Å². The summed E-state index contributed by atoms with van der Waals surface area (Å²) in [5.74, 6) is -0.588. The molecule has 1 aromatic rings. The molecule has 1 rings (SSSR count). The predicted molar refractivity (Wildman–Crippen MR) is 46.6 cm³/mol. The number of carboxylic acid groups (broad SMARTS) is 1. The number of rotatable bonds is 2. The molecule has 0 aromatic carbocycles. The third-order valence-electron chi connectivity index (χ3n) is 0.869. The zero-order valence-corrected chi connectivity index (χ0v) is 11.7. The Labute approximate surface area is 118 Å². The summed E-state index contributed by atoms with van der Waals surface area (Å²) in [5.41, 5.74) is 0. The summed E-state index contributed by atoms with van der Waals surface area (Å²) in [6.07, 6.45) is -0.132. The largest absolute Gasteiger partial charge is 0.481 e. The van der Waals surface area contributed by atoms with Gasteiger partial charge in [-0.15, -0.1) is 0 Å². The molecule has 0 bridgehead atoms. The van der Waals surface area contributed by atoms with Crippen LogP contribution >= 0.6 is 12.2 Å². The van der Waals surface area contributed by atoms with Crippen LogP contribution in [0.15, 0.2) is 0 Å². The number of aliphatic carboxylic acids is 1. The van der Waals surface area contributed by atoms with Crippen molar-refractivity contribution < 1.29 is 9.90 Å². The number of H-pyrrole nitrogens is 2. The van der Waals surface area contributed by atoms with Crippen molar-refractivity contribution in [1.29, 1.82) is 0 Å². The molecule has 0 amide bonds. The molecule has 1 heterocycles. The van der Waals surface area contributed by atoms with Gasteiger partial charge in [-0.2, -0.15) is 0 Å². The molecule has 0 unspecified atom stereocenters. The van der Waals surface area contributed by atoms with Gasteiger partial charge in [0.1, 0.15) is 12.2 Å². The molecule has 0 spiro atoms. The minimum absolute atomic E-state index is 0. The van der Waals surface area contributed by atoms with Crippen LogP contribution in [0.4, 0.5) is 0 Å². The maximum atomic E-state index is 10.1. The van der Waals surface area contributed by atoms with Gasteiger partial charge in [0.05, 0.1) is 0 Å². The van der Waals surface area contributed by atoms with Crippen molar-refractivity contribution in [3.05, 3.63) is 10.6 Å². The molecule has 0 saturated heterocycles. The molecule has 12 heavy (non-hydrogen) atoms. The Kier molecular flexibility index (Phi) is 9.25. The van der Waals surface area contributed by atoms with E-state index in [9.17, 15) is 4.79 Å². The fraction of sp³-hybridized carbons (Fsp3) is 0.250. The van der Waals surface area contributed by atoms with Crippen LogP contribution in [0.3, 0.4) is 0 Å². The van der Waals surface area contributed by atoms with Gasteiger partial charge in [-0.1, -0.05) is 0 Å². The van der Waals surface area contributed by atoms with E-state index in [-0.39, 0.29) is 70.3 Å². The molecule has 1 aromatic heterocycles. The number of nitrogens with one attached hydrogen (secondary N) is 2. The van der Waals surface area contributed by atoms with Crippen molar-refractivity contribution in [1.82, 2.24) is 15.2 Å². The van der Waals surface area contributed by atoms with Crippen LogP contribution in [-0.4, -0.2) is 85.4 Å². The minimum atomic E-state index is -0.933. The van der Waals surface area contributed by atoms with Crippen molar-refractivity contribution in [3.63, 3.8) is 0 Å². The number of aromatic nitrogens is 3. The fourth-order valence-corrected chi connectivity index (χ4v) is 0.692. The summed E-state index contributed by atoms with van der Waals surface area (Å²) >= 11 is 4.59. The number of aromatic amines is 2. The second kappa shape index (κ2) is 7.25. The average Bonchev–Trinajstić information content (AvgIpc) is 2.13. The third-order valence-corrected chi connectivity index (χ3v) is 1.06. The normalized spacial score (nSPS) is 8.00. The van der Waals surface area contributed by atoms with Gasteiger partial charge in [0.15, 0.2) is 0 Å². The Balaban J connectivity index is 0. The summed E-state index contributed by atoms with van der Waals surface area (Å²) in [7, 11) is 0. The van der Waals surface area contributed by atoms with Crippen molar-refractivity contribution in [2.45, 2.75) is 6.42 Å². The minimum Gasteiger partial charge on any atom is -0.481 e. The number of carbonyl (C=O) groups is 1. The van der Waals surface area contributed by atoms with E-state index < -0.39 is 5.97 Å². The Morgan fingerprint density at radius 2 is 2.08 bits per heavy atom. The van der Waals surface area contributed by atoms with Crippen molar-refractivity contribution in [2.75, 3.05) is 0 Å². The van der Waals surface area contributed by atoms with E-state index >= 15 is 0 Å². The third kappa shape index (κ3) is 5.47. The zero-order chi connectivity index (χ0) is 7.56. The van der Waals surface area contributed by atoms with Crippen LogP contribution in [0, 0.1) is 4.77 Å². The van der Waals surface area contributed by atoms with Gasteiger partial charge in [0, 0.05) is 59.1 Å². The van der Waals surface area contributed by atoms with E-state index in [1.807, 2.05) is 0 Å². The number of nitrogens with zero attached hydrogens (tertiary/aromatic N) is 1. The van der Waals surface area contributed by atoms with E-state index in [0.717, 1.165) is 0 Å². The van der Waals surface area contributed by atoms with E-state index in [0.29, 0.717) is 5.82 Å². The van der Waals surface area contributed by atoms with E-state index in [4.69, 9.17) is 5.11 Å². The molecule has 0 saturated carbocycles. The topological polar surface area (TPSA) is 81.8 Å². The predicted octanol–water partition coefficient (Wildman–Crippen LogP) is -0.667.